The first-order chi connectivity index (χ1) is 13.5. The summed E-state index contributed by atoms with van der Waals surface area (Å²) in [5.74, 6) is 3.63. The molecule has 1 N–H and O–H groups in total. The van der Waals surface area contributed by atoms with E-state index in [1.165, 1.54) is 5.69 Å². The van der Waals surface area contributed by atoms with Crippen LogP contribution in [0.25, 0.3) is 0 Å². The van der Waals surface area contributed by atoms with Crippen molar-refractivity contribution in [3.63, 3.8) is 0 Å². The summed E-state index contributed by atoms with van der Waals surface area (Å²) in [7, 11) is 5.89. The Labute approximate surface area is 168 Å². The van der Waals surface area contributed by atoms with Crippen molar-refractivity contribution in [1.29, 1.82) is 0 Å². The highest BCUT2D eigenvalue weighted by atomic mass is 16.5. The fourth-order valence-corrected chi connectivity index (χ4v) is 3.40. The van der Waals surface area contributed by atoms with Gasteiger partial charge in [0.15, 0.2) is 0 Å². The van der Waals surface area contributed by atoms with Crippen LogP contribution in [0.5, 0.6) is 5.75 Å². The first-order valence-corrected chi connectivity index (χ1v) is 9.93. The fourth-order valence-electron chi connectivity index (χ4n) is 3.40. The van der Waals surface area contributed by atoms with Gasteiger partial charge in [0.2, 0.25) is 0 Å². The summed E-state index contributed by atoms with van der Waals surface area (Å²) in [5.41, 5.74) is 1.24. The van der Waals surface area contributed by atoms with Crippen LogP contribution in [-0.4, -0.2) is 75.3 Å². The van der Waals surface area contributed by atoms with Crippen LogP contribution < -0.4 is 19.9 Å². The van der Waals surface area contributed by atoms with Crippen LogP contribution in [0.2, 0.25) is 0 Å². The van der Waals surface area contributed by atoms with Crippen LogP contribution in [0.1, 0.15) is 12.2 Å². The number of benzene rings is 1. The smallest absolute Gasteiger partial charge is 0.134 e. The van der Waals surface area contributed by atoms with Gasteiger partial charge in [0.05, 0.1) is 7.11 Å². The maximum absolute atomic E-state index is 5.25. The highest BCUT2D eigenvalue weighted by molar-refractivity contribution is 5.53. The zero-order valence-corrected chi connectivity index (χ0v) is 17.5. The number of hydrogen-bond acceptors (Lipinski definition) is 7. The monoisotopic (exact) mass is 384 g/mol. The molecule has 28 heavy (non-hydrogen) atoms. The number of nitrogens with one attached hydrogen (secondary N) is 1. The lowest BCUT2D eigenvalue weighted by Crippen LogP contribution is -2.46. The normalized spacial score (nSPS) is 14.5. The first-order valence-electron chi connectivity index (χ1n) is 9.93. The van der Waals surface area contributed by atoms with Gasteiger partial charge in [-0.15, -0.1) is 0 Å². The van der Waals surface area contributed by atoms with Gasteiger partial charge in [0, 0.05) is 44.5 Å². The number of methoxy groups -OCH3 is 1. The largest absolute Gasteiger partial charge is 0.497 e. The maximum atomic E-state index is 5.25. The second-order valence-electron chi connectivity index (χ2n) is 7.41. The fraction of sp³-hybridized carbons (Fsp3) is 0.524. The van der Waals surface area contributed by atoms with Crippen LogP contribution in [0.3, 0.4) is 0 Å². The molecule has 0 unspecified atom stereocenters. The molecule has 7 nitrogen and oxygen atoms in total. The van der Waals surface area contributed by atoms with Gasteiger partial charge in [0.25, 0.3) is 0 Å². The van der Waals surface area contributed by atoms with Crippen LogP contribution in [0.4, 0.5) is 17.3 Å². The quantitative estimate of drug-likeness (QED) is 0.702. The van der Waals surface area contributed by atoms with E-state index in [1.807, 2.05) is 19.1 Å². The topological polar surface area (TPSA) is 56.8 Å². The molecular formula is C21H32N6O. The average Bonchev–Trinajstić information content (AvgIpc) is 2.71. The molecule has 0 aliphatic carbocycles. The molecule has 1 aromatic carbocycles. The van der Waals surface area contributed by atoms with E-state index in [0.717, 1.165) is 68.9 Å². The van der Waals surface area contributed by atoms with E-state index < -0.39 is 0 Å². The second-order valence-corrected chi connectivity index (χ2v) is 7.41. The summed E-state index contributed by atoms with van der Waals surface area (Å²) >= 11 is 0. The average molecular weight is 385 g/mol. The van der Waals surface area contributed by atoms with Gasteiger partial charge >= 0.3 is 0 Å². The summed E-state index contributed by atoms with van der Waals surface area (Å²) in [4.78, 5) is 16.2. The third-order valence-electron chi connectivity index (χ3n) is 4.95. The lowest BCUT2D eigenvalue weighted by atomic mass is 10.2. The van der Waals surface area contributed by atoms with Crippen molar-refractivity contribution in [1.82, 2.24) is 14.9 Å². The minimum Gasteiger partial charge on any atom is -0.497 e. The number of aryl methyl sites for hydroxylation is 1. The zero-order valence-electron chi connectivity index (χ0n) is 17.5. The van der Waals surface area contributed by atoms with Crippen LogP contribution in [0, 0.1) is 6.92 Å². The molecule has 0 spiro atoms. The van der Waals surface area contributed by atoms with Gasteiger partial charge in [-0.25, -0.2) is 9.97 Å². The highest BCUT2D eigenvalue weighted by Crippen LogP contribution is 2.23. The summed E-state index contributed by atoms with van der Waals surface area (Å²) < 4.78 is 5.25. The summed E-state index contributed by atoms with van der Waals surface area (Å²) in [6, 6.07) is 10.4. The molecule has 1 aromatic heterocycles. The Morgan fingerprint density at radius 3 is 2.36 bits per heavy atom. The van der Waals surface area contributed by atoms with E-state index in [4.69, 9.17) is 4.74 Å². The number of piperazine rings is 1. The first kappa shape index (κ1) is 20.2. The predicted molar refractivity (Wildman–Crippen MR) is 116 cm³/mol. The van der Waals surface area contributed by atoms with Gasteiger partial charge in [0.1, 0.15) is 23.2 Å². The van der Waals surface area contributed by atoms with Crippen molar-refractivity contribution in [2.75, 3.05) is 75.6 Å². The number of nitrogens with zero attached hydrogens (tertiary/aromatic N) is 5. The molecule has 0 saturated carbocycles. The standard InChI is InChI=1S/C21H32N6O/c1-17-23-20(22-10-5-11-25(2)3)16-21(24-17)27-14-12-26(13-15-27)18-6-8-19(28-4)9-7-18/h6-9,16H,5,10-15H2,1-4H3,(H,22,23,24). The van der Waals surface area contributed by atoms with Gasteiger partial charge in [-0.3, -0.25) is 0 Å². The third-order valence-corrected chi connectivity index (χ3v) is 4.95. The van der Waals surface area contributed by atoms with Gasteiger partial charge < -0.3 is 24.8 Å². The summed E-state index contributed by atoms with van der Waals surface area (Å²) in [6.45, 7) is 7.78. The number of aromatic nitrogens is 2. The molecular weight excluding hydrogens is 352 g/mol. The zero-order chi connectivity index (χ0) is 19.9. The molecule has 7 heteroatoms. The number of ether oxygens (including phenoxy) is 1. The van der Waals surface area contributed by atoms with E-state index in [1.54, 1.807) is 7.11 Å². The molecule has 1 fully saturated rings. The van der Waals surface area contributed by atoms with Crippen LogP contribution in [0.15, 0.2) is 30.3 Å². The SMILES string of the molecule is COc1ccc(N2CCN(c3cc(NCCCN(C)C)nc(C)n3)CC2)cc1. The number of rotatable bonds is 8. The van der Waals surface area contributed by atoms with Crippen molar-refractivity contribution in [3.8, 4) is 5.75 Å². The van der Waals surface area contributed by atoms with Crippen molar-refractivity contribution >= 4 is 17.3 Å². The van der Waals surface area contributed by atoms with E-state index in [-0.39, 0.29) is 0 Å². The van der Waals surface area contributed by atoms with Gasteiger partial charge in [-0.1, -0.05) is 0 Å². The van der Waals surface area contributed by atoms with Gasteiger partial charge in [-0.2, -0.15) is 0 Å². The van der Waals surface area contributed by atoms with E-state index in [9.17, 15) is 0 Å². The lowest BCUT2D eigenvalue weighted by molar-refractivity contribution is 0.405. The van der Waals surface area contributed by atoms with E-state index in [2.05, 4.69) is 62.3 Å². The molecule has 0 bridgehead atoms. The molecule has 1 aliphatic rings. The third kappa shape index (κ3) is 5.48. The minimum absolute atomic E-state index is 0.810. The molecule has 2 heterocycles. The second kappa shape index (κ2) is 9.59. The highest BCUT2D eigenvalue weighted by Gasteiger charge is 2.19. The lowest BCUT2D eigenvalue weighted by Gasteiger charge is -2.37. The van der Waals surface area contributed by atoms with E-state index in [0.29, 0.717) is 0 Å². The minimum atomic E-state index is 0.810. The number of anilines is 3. The van der Waals surface area contributed by atoms with Crippen molar-refractivity contribution in [3.05, 3.63) is 36.2 Å². The molecule has 0 amide bonds. The van der Waals surface area contributed by atoms with Gasteiger partial charge in [-0.05, 0) is 58.3 Å². The molecule has 152 valence electrons. The maximum Gasteiger partial charge on any atom is 0.134 e. The Kier molecular flexibility index (Phi) is 6.92. The molecule has 2 aromatic rings. The summed E-state index contributed by atoms with van der Waals surface area (Å²) in [5, 5.41) is 3.44. The molecule has 1 saturated heterocycles. The Morgan fingerprint density at radius 1 is 1.04 bits per heavy atom. The molecule has 0 radical (unpaired) electrons. The van der Waals surface area contributed by atoms with Crippen molar-refractivity contribution < 1.29 is 4.74 Å². The van der Waals surface area contributed by atoms with E-state index >= 15 is 0 Å². The predicted octanol–water partition coefficient (Wildman–Crippen LogP) is 2.48. The Hall–Kier alpha value is -2.54. The Bertz CT molecular complexity index is 741. The molecule has 3 rings (SSSR count). The Morgan fingerprint density at radius 2 is 1.71 bits per heavy atom. The van der Waals surface area contributed by atoms with Crippen molar-refractivity contribution in [2.45, 2.75) is 13.3 Å². The van der Waals surface area contributed by atoms with Crippen LogP contribution in [-0.2, 0) is 0 Å². The molecule has 1 aliphatic heterocycles. The molecule has 0 atom stereocenters. The van der Waals surface area contributed by atoms with Crippen LogP contribution >= 0.6 is 0 Å². The van der Waals surface area contributed by atoms with Crippen molar-refractivity contribution in [2.24, 2.45) is 0 Å². The number of hydrogen-bond donors (Lipinski definition) is 1. The summed E-state index contributed by atoms with van der Waals surface area (Å²) in [6.07, 6.45) is 1.09. The Balaban J connectivity index is 1.57.